The van der Waals surface area contributed by atoms with Gasteiger partial charge in [0.05, 0.1) is 0 Å². The monoisotopic (exact) mass is 284 g/mol. The molecule has 0 atom stereocenters. The summed E-state index contributed by atoms with van der Waals surface area (Å²) in [6, 6.07) is 9.99. The lowest BCUT2D eigenvalue weighted by Crippen LogP contribution is -2.05. The molecular formula is C15H13FN4O. The van der Waals surface area contributed by atoms with E-state index >= 15 is 0 Å². The van der Waals surface area contributed by atoms with E-state index in [2.05, 4.69) is 10.3 Å². The van der Waals surface area contributed by atoms with Gasteiger partial charge in [-0.1, -0.05) is 12.1 Å². The van der Waals surface area contributed by atoms with Crippen molar-refractivity contribution in [3.8, 4) is 11.3 Å². The van der Waals surface area contributed by atoms with Gasteiger partial charge in [-0.15, -0.1) is 0 Å². The van der Waals surface area contributed by atoms with Gasteiger partial charge < -0.3 is 11.1 Å². The van der Waals surface area contributed by atoms with E-state index in [-0.39, 0.29) is 11.6 Å². The number of carbonyl (C=O) groups is 1. The Morgan fingerprint density at radius 2 is 2.14 bits per heavy atom. The standard InChI is InChI=1S/C15H13FN4O/c1-9(21)18-11-5-2-4-10(8-11)13-14(17)20-7-3-6-12(16)15(20)19-13/h2-8H,17H2,1H3,(H,18,21). The smallest absolute Gasteiger partial charge is 0.221 e. The van der Waals surface area contributed by atoms with Crippen molar-refractivity contribution >= 4 is 23.1 Å². The number of hydrogen-bond acceptors (Lipinski definition) is 3. The van der Waals surface area contributed by atoms with Crippen molar-refractivity contribution in [1.29, 1.82) is 0 Å². The fraction of sp³-hybridized carbons (Fsp3) is 0.0667. The van der Waals surface area contributed by atoms with Crippen molar-refractivity contribution in [2.45, 2.75) is 6.92 Å². The largest absolute Gasteiger partial charge is 0.383 e. The molecule has 0 fully saturated rings. The summed E-state index contributed by atoms with van der Waals surface area (Å²) in [5.41, 5.74) is 8.04. The van der Waals surface area contributed by atoms with Crippen LogP contribution >= 0.6 is 0 Å². The maximum atomic E-state index is 13.8. The molecule has 0 bridgehead atoms. The number of nitrogen functional groups attached to an aromatic ring is 1. The third kappa shape index (κ3) is 2.31. The molecule has 0 unspecified atom stereocenters. The van der Waals surface area contributed by atoms with Gasteiger partial charge >= 0.3 is 0 Å². The van der Waals surface area contributed by atoms with E-state index < -0.39 is 5.82 Å². The average molecular weight is 284 g/mol. The highest BCUT2D eigenvalue weighted by Gasteiger charge is 2.14. The second-order valence-electron chi connectivity index (χ2n) is 4.66. The number of nitrogens with zero attached hydrogens (tertiary/aromatic N) is 2. The van der Waals surface area contributed by atoms with E-state index in [1.165, 1.54) is 17.4 Å². The van der Waals surface area contributed by atoms with E-state index in [4.69, 9.17) is 5.73 Å². The Morgan fingerprint density at radius 3 is 2.86 bits per heavy atom. The number of anilines is 2. The second-order valence-corrected chi connectivity index (χ2v) is 4.66. The number of aromatic nitrogens is 2. The highest BCUT2D eigenvalue weighted by Crippen LogP contribution is 2.28. The topological polar surface area (TPSA) is 72.4 Å². The molecule has 1 amide bonds. The number of amides is 1. The maximum Gasteiger partial charge on any atom is 0.221 e. The summed E-state index contributed by atoms with van der Waals surface area (Å²) in [5, 5.41) is 2.69. The molecule has 0 radical (unpaired) electrons. The number of rotatable bonds is 2. The van der Waals surface area contributed by atoms with Crippen molar-refractivity contribution in [1.82, 2.24) is 9.38 Å². The quantitative estimate of drug-likeness (QED) is 0.760. The number of imidazole rings is 1. The van der Waals surface area contributed by atoms with Crippen LogP contribution in [0.25, 0.3) is 16.9 Å². The fourth-order valence-electron chi connectivity index (χ4n) is 2.21. The number of hydrogen-bond donors (Lipinski definition) is 2. The zero-order valence-electron chi connectivity index (χ0n) is 11.3. The van der Waals surface area contributed by atoms with Gasteiger partial charge in [0.25, 0.3) is 0 Å². The lowest BCUT2D eigenvalue weighted by Gasteiger charge is -2.04. The maximum absolute atomic E-state index is 13.8. The number of nitrogens with one attached hydrogen (secondary N) is 1. The fourth-order valence-corrected chi connectivity index (χ4v) is 2.21. The van der Waals surface area contributed by atoms with Crippen molar-refractivity contribution < 1.29 is 9.18 Å². The SMILES string of the molecule is CC(=O)Nc1cccc(-c2nc3c(F)cccn3c2N)c1. The average Bonchev–Trinajstić information content (AvgIpc) is 2.78. The van der Waals surface area contributed by atoms with Crippen LogP contribution in [0.3, 0.4) is 0 Å². The molecule has 2 aromatic heterocycles. The highest BCUT2D eigenvalue weighted by atomic mass is 19.1. The van der Waals surface area contributed by atoms with Crippen LogP contribution in [-0.4, -0.2) is 15.3 Å². The highest BCUT2D eigenvalue weighted by molar-refractivity contribution is 5.90. The molecule has 106 valence electrons. The van der Waals surface area contributed by atoms with Crippen LogP contribution in [0.15, 0.2) is 42.6 Å². The lowest BCUT2D eigenvalue weighted by atomic mass is 10.1. The van der Waals surface area contributed by atoms with E-state index in [0.29, 0.717) is 22.8 Å². The molecule has 0 aliphatic rings. The molecule has 1 aromatic carbocycles. The van der Waals surface area contributed by atoms with Crippen molar-refractivity contribution in [2.24, 2.45) is 0 Å². The van der Waals surface area contributed by atoms with Gasteiger partial charge in [-0.05, 0) is 24.3 Å². The number of benzene rings is 1. The van der Waals surface area contributed by atoms with Crippen molar-refractivity contribution in [2.75, 3.05) is 11.1 Å². The Kier molecular flexibility index (Phi) is 3.06. The summed E-state index contributed by atoms with van der Waals surface area (Å²) in [6.45, 7) is 1.43. The summed E-state index contributed by atoms with van der Waals surface area (Å²) >= 11 is 0. The predicted molar refractivity (Wildman–Crippen MR) is 79.3 cm³/mol. The minimum atomic E-state index is -0.437. The van der Waals surface area contributed by atoms with Gasteiger partial charge in [-0.3, -0.25) is 9.20 Å². The van der Waals surface area contributed by atoms with Crippen LogP contribution in [0.5, 0.6) is 0 Å². The number of halogens is 1. The van der Waals surface area contributed by atoms with Crippen LogP contribution in [0, 0.1) is 5.82 Å². The normalized spacial score (nSPS) is 10.8. The van der Waals surface area contributed by atoms with Crippen LogP contribution in [0.1, 0.15) is 6.92 Å². The first-order chi connectivity index (χ1) is 10.1. The first kappa shape index (κ1) is 13.1. The number of carbonyl (C=O) groups excluding carboxylic acids is 1. The zero-order chi connectivity index (χ0) is 15.0. The van der Waals surface area contributed by atoms with Crippen molar-refractivity contribution in [3.05, 3.63) is 48.4 Å². The third-order valence-corrected chi connectivity index (χ3v) is 3.10. The number of fused-ring (bicyclic) bond motifs is 1. The minimum Gasteiger partial charge on any atom is -0.383 e. The predicted octanol–water partition coefficient (Wildman–Crippen LogP) is 2.68. The van der Waals surface area contributed by atoms with Crippen LogP contribution in [0.4, 0.5) is 15.9 Å². The molecule has 0 spiro atoms. The van der Waals surface area contributed by atoms with Gasteiger partial charge in [0.2, 0.25) is 5.91 Å². The molecule has 3 N–H and O–H groups in total. The lowest BCUT2D eigenvalue weighted by molar-refractivity contribution is -0.114. The van der Waals surface area contributed by atoms with Crippen LogP contribution in [-0.2, 0) is 4.79 Å². The molecular weight excluding hydrogens is 271 g/mol. The van der Waals surface area contributed by atoms with Gasteiger partial charge in [-0.2, -0.15) is 0 Å². The van der Waals surface area contributed by atoms with Crippen LogP contribution < -0.4 is 11.1 Å². The molecule has 0 saturated heterocycles. The molecule has 0 aliphatic carbocycles. The second kappa shape index (κ2) is 4.90. The molecule has 21 heavy (non-hydrogen) atoms. The summed E-state index contributed by atoms with van der Waals surface area (Å²) < 4.78 is 15.2. The number of nitrogens with two attached hydrogens (primary N) is 1. The Morgan fingerprint density at radius 1 is 1.33 bits per heavy atom. The molecule has 5 nitrogen and oxygen atoms in total. The Bertz CT molecular complexity index is 841. The zero-order valence-corrected chi connectivity index (χ0v) is 11.3. The molecule has 3 aromatic rings. The summed E-state index contributed by atoms with van der Waals surface area (Å²) in [5.74, 6) is -0.251. The van der Waals surface area contributed by atoms with E-state index in [1.54, 1.807) is 36.5 Å². The van der Waals surface area contributed by atoms with Gasteiger partial charge in [0, 0.05) is 24.4 Å². The third-order valence-electron chi connectivity index (χ3n) is 3.10. The summed E-state index contributed by atoms with van der Waals surface area (Å²) in [4.78, 5) is 15.4. The van der Waals surface area contributed by atoms with E-state index in [1.807, 2.05) is 0 Å². The molecule has 0 aliphatic heterocycles. The molecule has 2 heterocycles. The Balaban J connectivity index is 2.14. The Labute approximate surface area is 120 Å². The first-order valence-corrected chi connectivity index (χ1v) is 6.36. The van der Waals surface area contributed by atoms with E-state index in [9.17, 15) is 9.18 Å². The minimum absolute atomic E-state index is 0.166. The Hall–Kier alpha value is -2.89. The first-order valence-electron chi connectivity index (χ1n) is 6.36. The summed E-state index contributed by atoms with van der Waals surface area (Å²) in [6.07, 6.45) is 1.65. The molecule has 3 rings (SSSR count). The number of pyridine rings is 1. The summed E-state index contributed by atoms with van der Waals surface area (Å²) in [7, 11) is 0. The van der Waals surface area contributed by atoms with E-state index in [0.717, 1.165) is 0 Å². The molecule has 0 saturated carbocycles. The molecule has 6 heteroatoms. The van der Waals surface area contributed by atoms with Gasteiger partial charge in [0.15, 0.2) is 11.5 Å². The van der Waals surface area contributed by atoms with Gasteiger partial charge in [-0.25, -0.2) is 9.37 Å². The van der Waals surface area contributed by atoms with Crippen molar-refractivity contribution in [3.63, 3.8) is 0 Å². The van der Waals surface area contributed by atoms with Gasteiger partial charge in [0.1, 0.15) is 11.5 Å². The van der Waals surface area contributed by atoms with Crippen LogP contribution in [0.2, 0.25) is 0 Å².